The second-order valence-corrected chi connectivity index (χ2v) is 5.82. The highest BCUT2D eigenvalue weighted by atomic mass is 32.2. The van der Waals surface area contributed by atoms with Gasteiger partial charge in [0.2, 0.25) is 21.4 Å². The van der Waals surface area contributed by atoms with Crippen molar-refractivity contribution in [2.45, 2.75) is 25.2 Å². The van der Waals surface area contributed by atoms with Crippen molar-refractivity contribution in [1.82, 2.24) is 14.6 Å². The van der Waals surface area contributed by atoms with Gasteiger partial charge in [-0.05, 0) is 13.8 Å². The van der Waals surface area contributed by atoms with Crippen LogP contribution in [0.25, 0.3) is 0 Å². The van der Waals surface area contributed by atoms with E-state index >= 15 is 0 Å². The molecule has 0 saturated heterocycles. The molecule has 8 heteroatoms. The fraction of sp³-hybridized carbons (Fsp3) is 0.500. The summed E-state index contributed by atoms with van der Waals surface area (Å²) in [6.45, 7) is 4.84. The van der Waals surface area contributed by atoms with Crippen LogP contribution in [0.5, 0.6) is 0 Å². The minimum atomic E-state index is -3.89. The highest BCUT2D eigenvalue weighted by Crippen LogP contribution is 2.00. The average molecular weight is 301 g/mol. The summed E-state index contributed by atoms with van der Waals surface area (Å²) in [5.41, 5.74) is -0.591. The number of rotatable bonds is 7. The van der Waals surface area contributed by atoms with E-state index in [1.807, 2.05) is 13.8 Å². The van der Waals surface area contributed by atoms with Gasteiger partial charge in [-0.25, -0.2) is 13.1 Å². The highest BCUT2D eigenvalue weighted by molar-refractivity contribution is 7.89. The number of aromatic nitrogens is 1. The number of nitrogens with one attached hydrogen (secondary N) is 2. The van der Waals surface area contributed by atoms with Crippen LogP contribution in [-0.4, -0.2) is 43.8 Å². The van der Waals surface area contributed by atoms with Gasteiger partial charge in [-0.2, -0.15) is 0 Å². The number of sulfonamides is 1. The Morgan fingerprint density at radius 2 is 2.00 bits per heavy atom. The Kier molecular flexibility index (Phi) is 5.90. The smallest absolute Gasteiger partial charge is 0.245 e. The number of carbonyl (C=O) groups is 1. The first kappa shape index (κ1) is 16.4. The molecule has 0 fully saturated rings. The Morgan fingerprint density at radius 1 is 1.35 bits per heavy atom. The highest BCUT2D eigenvalue weighted by Gasteiger charge is 2.18. The summed E-state index contributed by atoms with van der Waals surface area (Å²) in [5.74, 6) is -0.125. The summed E-state index contributed by atoms with van der Waals surface area (Å²) in [6, 6.07) is 1.13. The van der Waals surface area contributed by atoms with E-state index in [0.717, 1.165) is 12.3 Å². The van der Waals surface area contributed by atoms with E-state index < -0.39 is 15.5 Å². The monoisotopic (exact) mass is 301 g/mol. The molecule has 20 heavy (non-hydrogen) atoms. The zero-order valence-corrected chi connectivity index (χ0v) is 12.4. The number of nitrogens with zero attached hydrogens (tertiary/aromatic N) is 1. The van der Waals surface area contributed by atoms with Crippen molar-refractivity contribution < 1.29 is 13.2 Å². The number of hydrogen-bond acceptors (Lipinski definition) is 4. The molecule has 0 spiro atoms. The molecule has 1 heterocycles. The van der Waals surface area contributed by atoms with Gasteiger partial charge >= 0.3 is 0 Å². The first-order valence-electron chi connectivity index (χ1n) is 6.37. The molecule has 0 aliphatic heterocycles. The quantitative estimate of drug-likeness (QED) is 0.735. The van der Waals surface area contributed by atoms with Gasteiger partial charge in [-0.3, -0.25) is 9.59 Å². The minimum absolute atomic E-state index is 0.0357. The summed E-state index contributed by atoms with van der Waals surface area (Å²) >= 11 is 0. The van der Waals surface area contributed by atoms with Crippen LogP contribution in [-0.2, 0) is 14.8 Å². The molecule has 1 rings (SSSR count). The fourth-order valence-electron chi connectivity index (χ4n) is 1.72. The molecule has 1 amide bonds. The van der Waals surface area contributed by atoms with E-state index in [2.05, 4.69) is 9.71 Å². The van der Waals surface area contributed by atoms with E-state index in [-0.39, 0.29) is 23.8 Å². The largest absolute Gasteiger partial charge is 0.366 e. The predicted octanol–water partition coefficient (Wildman–Crippen LogP) is -0.0883. The molecule has 1 aromatic rings. The Balaban J connectivity index is 2.64. The van der Waals surface area contributed by atoms with Crippen molar-refractivity contribution in [3.05, 3.63) is 28.7 Å². The zero-order valence-electron chi connectivity index (χ0n) is 11.5. The number of aromatic amines is 1. The van der Waals surface area contributed by atoms with Gasteiger partial charge in [0.1, 0.15) is 4.90 Å². The zero-order chi connectivity index (χ0) is 15.2. The van der Waals surface area contributed by atoms with Crippen LogP contribution in [0.4, 0.5) is 0 Å². The molecule has 0 radical (unpaired) electrons. The van der Waals surface area contributed by atoms with Gasteiger partial charge in [-0.1, -0.05) is 0 Å². The second-order valence-electron chi connectivity index (χ2n) is 4.09. The van der Waals surface area contributed by atoms with Crippen LogP contribution in [0.2, 0.25) is 0 Å². The van der Waals surface area contributed by atoms with E-state index in [1.54, 1.807) is 4.90 Å². The molecule has 0 bridgehead atoms. The average Bonchev–Trinajstić information content (AvgIpc) is 2.40. The summed E-state index contributed by atoms with van der Waals surface area (Å²) in [7, 11) is -3.89. The van der Waals surface area contributed by atoms with E-state index in [0.29, 0.717) is 13.1 Å². The lowest BCUT2D eigenvalue weighted by Crippen LogP contribution is -2.35. The first-order valence-corrected chi connectivity index (χ1v) is 7.85. The normalized spacial score (nSPS) is 11.3. The van der Waals surface area contributed by atoms with Gasteiger partial charge in [0, 0.05) is 44.5 Å². The molecular formula is C12H19N3O4S. The first-order chi connectivity index (χ1) is 9.42. The number of pyridine rings is 1. The van der Waals surface area contributed by atoms with Crippen LogP contribution in [0, 0.1) is 0 Å². The molecule has 0 aliphatic rings. The van der Waals surface area contributed by atoms with Crippen molar-refractivity contribution in [3.63, 3.8) is 0 Å². The molecule has 0 unspecified atom stereocenters. The topological polar surface area (TPSA) is 99.3 Å². The minimum Gasteiger partial charge on any atom is -0.366 e. The van der Waals surface area contributed by atoms with Crippen molar-refractivity contribution in [2.24, 2.45) is 0 Å². The van der Waals surface area contributed by atoms with Crippen LogP contribution >= 0.6 is 0 Å². The van der Waals surface area contributed by atoms with Crippen molar-refractivity contribution >= 4 is 15.9 Å². The van der Waals surface area contributed by atoms with Gasteiger partial charge < -0.3 is 9.88 Å². The molecule has 112 valence electrons. The molecule has 0 aliphatic carbocycles. The number of hydrogen-bond donors (Lipinski definition) is 2. The van der Waals surface area contributed by atoms with Crippen molar-refractivity contribution in [2.75, 3.05) is 19.6 Å². The number of H-pyrrole nitrogens is 1. The number of amides is 1. The molecular weight excluding hydrogens is 282 g/mol. The number of carbonyl (C=O) groups excluding carboxylic acids is 1. The van der Waals surface area contributed by atoms with Gasteiger partial charge in [-0.15, -0.1) is 0 Å². The summed E-state index contributed by atoms with van der Waals surface area (Å²) < 4.78 is 26.0. The van der Waals surface area contributed by atoms with Gasteiger partial charge in [0.15, 0.2) is 0 Å². The Morgan fingerprint density at radius 3 is 2.55 bits per heavy atom. The SMILES string of the molecule is CCN(CC)C(=O)CCNS(=O)(=O)c1c[nH]ccc1=O. The lowest BCUT2D eigenvalue weighted by atomic mass is 10.3. The third-order valence-corrected chi connectivity index (χ3v) is 4.31. The molecule has 1 aromatic heterocycles. The maximum Gasteiger partial charge on any atom is 0.245 e. The Hall–Kier alpha value is -1.67. The fourth-order valence-corrected chi connectivity index (χ4v) is 2.80. The maximum absolute atomic E-state index is 11.9. The Labute approximate surface area is 118 Å². The summed E-state index contributed by atoms with van der Waals surface area (Å²) in [5, 5.41) is 0. The molecule has 7 nitrogen and oxygen atoms in total. The molecule has 2 N–H and O–H groups in total. The third kappa shape index (κ3) is 4.17. The van der Waals surface area contributed by atoms with E-state index in [4.69, 9.17) is 0 Å². The van der Waals surface area contributed by atoms with E-state index in [9.17, 15) is 18.0 Å². The molecule has 0 aromatic carbocycles. The van der Waals surface area contributed by atoms with Crippen LogP contribution in [0.3, 0.4) is 0 Å². The summed E-state index contributed by atoms with van der Waals surface area (Å²) in [6.07, 6.45) is 2.54. The van der Waals surface area contributed by atoms with E-state index in [1.165, 1.54) is 6.20 Å². The Bertz CT molecular complexity index is 605. The third-order valence-electron chi connectivity index (χ3n) is 2.82. The molecule has 0 atom stereocenters. The van der Waals surface area contributed by atoms with Crippen LogP contribution < -0.4 is 10.2 Å². The van der Waals surface area contributed by atoms with Crippen molar-refractivity contribution in [1.29, 1.82) is 0 Å². The van der Waals surface area contributed by atoms with Crippen LogP contribution in [0.1, 0.15) is 20.3 Å². The van der Waals surface area contributed by atoms with Crippen molar-refractivity contribution in [3.8, 4) is 0 Å². The lowest BCUT2D eigenvalue weighted by Gasteiger charge is -2.18. The lowest BCUT2D eigenvalue weighted by molar-refractivity contribution is -0.130. The maximum atomic E-state index is 11.9. The second kappa shape index (κ2) is 7.20. The van der Waals surface area contributed by atoms with Gasteiger partial charge in [0.05, 0.1) is 0 Å². The van der Waals surface area contributed by atoms with Gasteiger partial charge in [0.25, 0.3) is 0 Å². The standard InChI is InChI=1S/C12H19N3O4S/c1-3-15(4-2)12(17)6-8-14-20(18,19)11-9-13-7-5-10(11)16/h5,7,9,14H,3-4,6,8H2,1-2H3,(H,13,16). The predicted molar refractivity (Wildman–Crippen MR) is 74.8 cm³/mol. The molecule has 0 saturated carbocycles. The van der Waals surface area contributed by atoms with Crippen LogP contribution in [0.15, 0.2) is 28.2 Å². The summed E-state index contributed by atoms with van der Waals surface area (Å²) in [4.78, 5) is 27.0.